The minimum atomic E-state index is 0.293. The van der Waals surface area contributed by atoms with Gasteiger partial charge in [0.05, 0.1) is 0 Å². The van der Waals surface area contributed by atoms with E-state index >= 15 is 0 Å². The molecule has 17 heavy (non-hydrogen) atoms. The van der Waals surface area contributed by atoms with E-state index in [0.29, 0.717) is 12.1 Å². The van der Waals surface area contributed by atoms with Gasteiger partial charge in [0.15, 0.2) is 0 Å². The third kappa shape index (κ3) is 3.53. The van der Waals surface area contributed by atoms with Crippen molar-refractivity contribution < 1.29 is 0 Å². The Morgan fingerprint density at radius 1 is 1.41 bits per heavy atom. The van der Waals surface area contributed by atoms with Crippen LogP contribution in [0.4, 0.5) is 0 Å². The summed E-state index contributed by atoms with van der Waals surface area (Å²) < 4.78 is 2.31. The molecular formula is C13H24N4. The molecule has 4 nitrogen and oxygen atoms in total. The summed E-state index contributed by atoms with van der Waals surface area (Å²) in [6, 6.07) is 0.935. The van der Waals surface area contributed by atoms with Crippen molar-refractivity contribution in [2.24, 2.45) is 5.73 Å². The second-order valence-electron chi connectivity index (χ2n) is 5.32. The van der Waals surface area contributed by atoms with Gasteiger partial charge in [0.2, 0.25) is 0 Å². The normalized spacial score (nSPS) is 19.4. The van der Waals surface area contributed by atoms with Gasteiger partial charge >= 0.3 is 0 Å². The molecule has 1 aromatic rings. The molecule has 0 bridgehead atoms. The summed E-state index contributed by atoms with van der Waals surface area (Å²) in [6.07, 6.45) is 11.8. The second kappa shape index (κ2) is 6.15. The third-order valence-corrected chi connectivity index (χ3v) is 3.68. The van der Waals surface area contributed by atoms with Gasteiger partial charge in [-0.3, -0.25) is 0 Å². The Hall–Kier alpha value is -0.900. The van der Waals surface area contributed by atoms with Crippen molar-refractivity contribution in [1.82, 2.24) is 14.8 Å². The van der Waals surface area contributed by atoms with Crippen LogP contribution < -0.4 is 5.73 Å². The van der Waals surface area contributed by atoms with E-state index in [1.165, 1.54) is 32.1 Å². The number of aryl methyl sites for hydroxylation is 1. The van der Waals surface area contributed by atoms with Crippen LogP contribution in [0.2, 0.25) is 0 Å². The van der Waals surface area contributed by atoms with Crippen LogP contribution in [-0.4, -0.2) is 20.8 Å². The van der Waals surface area contributed by atoms with Gasteiger partial charge in [-0.05, 0) is 32.6 Å². The van der Waals surface area contributed by atoms with Gasteiger partial charge in [0.1, 0.15) is 12.2 Å². The minimum absolute atomic E-state index is 0.293. The molecular weight excluding hydrogens is 212 g/mol. The molecule has 0 aliphatic heterocycles. The largest absolute Gasteiger partial charge is 0.328 e. The first-order valence-electron chi connectivity index (χ1n) is 6.91. The van der Waals surface area contributed by atoms with E-state index < -0.39 is 0 Å². The van der Waals surface area contributed by atoms with E-state index in [2.05, 4.69) is 21.7 Å². The quantitative estimate of drug-likeness (QED) is 0.854. The minimum Gasteiger partial charge on any atom is -0.328 e. The molecule has 0 aromatic carbocycles. The van der Waals surface area contributed by atoms with Crippen LogP contribution in [0.3, 0.4) is 0 Å². The summed E-state index contributed by atoms with van der Waals surface area (Å²) >= 11 is 0. The Labute approximate surface area is 104 Å². The van der Waals surface area contributed by atoms with Crippen LogP contribution in [0.5, 0.6) is 0 Å². The molecule has 1 aromatic heterocycles. The van der Waals surface area contributed by atoms with E-state index in [0.717, 1.165) is 25.1 Å². The van der Waals surface area contributed by atoms with Gasteiger partial charge in [0, 0.05) is 18.5 Å². The highest BCUT2D eigenvalue weighted by molar-refractivity contribution is 4.91. The molecule has 0 amide bonds. The third-order valence-electron chi connectivity index (χ3n) is 3.68. The van der Waals surface area contributed by atoms with Crippen molar-refractivity contribution in [3.05, 3.63) is 12.2 Å². The summed E-state index contributed by atoms with van der Waals surface area (Å²) in [6.45, 7) is 2.06. The number of nitrogens with two attached hydrogens (primary N) is 1. The second-order valence-corrected chi connectivity index (χ2v) is 5.32. The molecule has 0 saturated heterocycles. The average molecular weight is 236 g/mol. The van der Waals surface area contributed by atoms with Gasteiger partial charge in [0.25, 0.3) is 0 Å². The molecule has 1 aliphatic rings. The highest BCUT2D eigenvalue weighted by atomic mass is 15.3. The standard InChI is InChI=1S/C13H24N4/c1-11(14)6-5-9-13-16-15-10-17(13)12-7-3-2-4-8-12/h10-12H,2-9,14H2,1H3. The van der Waals surface area contributed by atoms with Gasteiger partial charge in [-0.15, -0.1) is 10.2 Å². The molecule has 1 unspecified atom stereocenters. The van der Waals surface area contributed by atoms with Crippen molar-refractivity contribution >= 4 is 0 Å². The first-order chi connectivity index (χ1) is 8.27. The van der Waals surface area contributed by atoms with E-state index in [1.54, 1.807) is 0 Å². The Morgan fingerprint density at radius 3 is 2.88 bits per heavy atom. The summed E-state index contributed by atoms with van der Waals surface area (Å²) in [5.41, 5.74) is 5.77. The Morgan fingerprint density at radius 2 is 2.18 bits per heavy atom. The Bertz CT molecular complexity index is 326. The molecule has 0 radical (unpaired) electrons. The molecule has 0 spiro atoms. The van der Waals surface area contributed by atoms with Gasteiger partial charge in [-0.25, -0.2) is 0 Å². The fourth-order valence-corrected chi connectivity index (χ4v) is 2.69. The summed E-state index contributed by atoms with van der Waals surface area (Å²) in [4.78, 5) is 0. The van der Waals surface area contributed by atoms with E-state index in [-0.39, 0.29) is 0 Å². The summed E-state index contributed by atoms with van der Waals surface area (Å²) in [5, 5.41) is 8.34. The smallest absolute Gasteiger partial charge is 0.133 e. The average Bonchev–Trinajstić information content (AvgIpc) is 2.78. The molecule has 4 heteroatoms. The topological polar surface area (TPSA) is 56.7 Å². The maximum Gasteiger partial charge on any atom is 0.133 e. The van der Waals surface area contributed by atoms with Crippen LogP contribution in [0.15, 0.2) is 6.33 Å². The van der Waals surface area contributed by atoms with Crippen molar-refractivity contribution in [3.8, 4) is 0 Å². The predicted octanol–water partition coefficient (Wildman–Crippen LogP) is 2.45. The number of rotatable bonds is 5. The lowest BCUT2D eigenvalue weighted by atomic mass is 9.95. The first-order valence-corrected chi connectivity index (χ1v) is 6.91. The predicted molar refractivity (Wildman–Crippen MR) is 68.7 cm³/mol. The molecule has 2 rings (SSSR count). The molecule has 1 atom stereocenters. The van der Waals surface area contributed by atoms with Crippen LogP contribution in [0.25, 0.3) is 0 Å². The fraction of sp³-hybridized carbons (Fsp3) is 0.846. The molecule has 2 N–H and O–H groups in total. The lowest BCUT2D eigenvalue weighted by Gasteiger charge is -2.24. The first kappa shape index (κ1) is 12.6. The van der Waals surface area contributed by atoms with E-state index in [9.17, 15) is 0 Å². The van der Waals surface area contributed by atoms with Crippen molar-refractivity contribution in [2.75, 3.05) is 0 Å². The molecule has 96 valence electrons. The SMILES string of the molecule is CC(N)CCCc1nncn1C1CCCCC1. The Kier molecular flexibility index (Phi) is 4.54. The molecule has 1 fully saturated rings. The highest BCUT2D eigenvalue weighted by Crippen LogP contribution is 2.28. The monoisotopic (exact) mass is 236 g/mol. The van der Waals surface area contributed by atoms with Crippen LogP contribution in [-0.2, 0) is 6.42 Å². The highest BCUT2D eigenvalue weighted by Gasteiger charge is 2.18. The molecule has 1 heterocycles. The Balaban J connectivity index is 1.91. The maximum atomic E-state index is 5.77. The summed E-state index contributed by atoms with van der Waals surface area (Å²) in [7, 11) is 0. The number of hydrogen-bond acceptors (Lipinski definition) is 3. The zero-order valence-electron chi connectivity index (χ0n) is 10.8. The lowest BCUT2D eigenvalue weighted by molar-refractivity contribution is 0.344. The van der Waals surface area contributed by atoms with E-state index in [4.69, 9.17) is 5.73 Å². The van der Waals surface area contributed by atoms with Crippen molar-refractivity contribution in [1.29, 1.82) is 0 Å². The van der Waals surface area contributed by atoms with Gasteiger partial charge in [-0.1, -0.05) is 19.3 Å². The summed E-state index contributed by atoms with van der Waals surface area (Å²) in [5.74, 6) is 1.15. The van der Waals surface area contributed by atoms with Crippen LogP contribution >= 0.6 is 0 Å². The molecule has 1 saturated carbocycles. The maximum absolute atomic E-state index is 5.77. The van der Waals surface area contributed by atoms with Crippen molar-refractivity contribution in [3.63, 3.8) is 0 Å². The van der Waals surface area contributed by atoms with Crippen LogP contribution in [0.1, 0.15) is 63.7 Å². The zero-order valence-corrected chi connectivity index (χ0v) is 10.8. The van der Waals surface area contributed by atoms with Crippen molar-refractivity contribution in [2.45, 2.75) is 70.4 Å². The zero-order chi connectivity index (χ0) is 12.1. The van der Waals surface area contributed by atoms with Crippen LogP contribution in [0, 0.1) is 0 Å². The van der Waals surface area contributed by atoms with E-state index in [1.807, 2.05) is 6.33 Å². The van der Waals surface area contributed by atoms with Gasteiger partial charge in [-0.2, -0.15) is 0 Å². The number of aromatic nitrogens is 3. The lowest BCUT2D eigenvalue weighted by Crippen LogP contribution is -2.17. The number of nitrogens with zero attached hydrogens (tertiary/aromatic N) is 3. The fourth-order valence-electron chi connectivity index (χ4n) is 2.69. The van der Waals surface area contributed by atoms with Gasteiger partial charge < -0.3 is 10.3 Å². The molecule has 1 aliphatic carbocycles. The number of hydrogen-bond donors (Lipinski definition) is 1.